The van der Waals surface area contributed by atoms with Crippen molar-refractivity contribution in [1.29, 1.82) is 0 Å². The van der Waals surface area contributed by atoms with Gasteiger partial charge < -0.3 is 14.4 Å². The number of hydrogen-bond acceptors (Lipinski definition) is 4. The maximum absolute atomic E-state index is 13.1. The highest BCUT2D eigenvalue weighted by Gasteiger charge is 2.54. The third-order valence-corrected chi connectivity index (χ3v) is 5.82. The lowest BCUT2D eigenvalue weighted by molar-refractivity contribution is -0.170. The summed E-state index contributed by atoms with van der Waals surface area (Å²) in [5.41, 5.74) is 1.08. The van der Waals surface area contributed by atoms with Gasteiger partial charge in [0.1, 0.15) is 17.4 Å². The Morgan fingerprint density at radius 1 is 1.21 bits per heavy atom. The Morgan fingerprint density at radius 3 is 2.64 bits per heavy atom. The zero-order chi connectivity index (χ0) is 19.9. The molecule has 28 heavy (non-hydrogen) atoms. The second kappa shape index (κ2) is 6.82. The summed E-state index contributed by atoms with van der Waals surface area (Å²) < 4.78 is 11.3. The molecule has 0 radical (unpaired) electrons. The molecule has 1 amide bonds. The number of ether oxygens (including phenoxy) is 2. The number of nitrogens with zero attached hydrogens (tertiary/aromatic N) is 1. The first kappa shape index (κ1) is 18.3. The molecule has 3 atom stereocenters. The van der Waals surface area contributed by atoms with Crippen molar-refractivity contribution in [1.82, 2.24) is 4.90 Å². The lowest BCUT2D eigenvalue weighted by Crippen LogP contribution is -2.62. The van der Waals surface area contributed by atoms with Crippen LogP contribution >= 0.6 is 0 Å². The Bertz CT molecular complexity index is 949. The van der Waals surface area contributed by atoms with E-state index in [0.29, 0.717) is 6.42 Å². The summed E-state index contributed by atoms with van der Waals surface area (Å²) in [4.78, 5) is 27.7. The van der Waals surface area contributed by atoms with Crippen LogP contribution in [0, 0.1) is 5.92 Å². The fourth-order valence-electron chi connectivity index (χ4n) is 4.11. The average Bonchev–Trinajstić information content (AvgIpc) is 2.71. The minimum absolute atomic E-state index is 0.184. The molecule has 2 aromatic rings. The highest BCUT2D eigenvalue weighted by molar-refractivity contribution is 6.09. The van der Waals surface area contributed by atoms with Gasteiger partial charge >= 0.3 is 0 Å². The zero-order valence-corrected chi connectivity index (χ0v) is 16.2. The zero-order valence-electron chi connectivity index (χ0n) is 16.2. The summed E-state index contributed by atoms with van der Waals surface area (Å²) in [5.74, 6) is 0.196. The summed E-state index contributed by atoms with van der Waals surface area (Å²) >= 11 is 0. The number of para-hydroxylation sites is 1. The van der Waals surface area contributed by atoms with E-state index in [1.54, 1.807) is 25.1 Å². The maximum atomic E-state index is 13.1. The van der Waals surface area contributed by atoms with Crippen molar-refractivity contribution in [3.63, 3.8) is 0 Å². The van der Waals surface area contributed by atoms with Gasteiger partial charge in [0.25, 0.3) is 0 Å². The molecule has 1 saturated heterocycles. The second-order valence-corrected chi connectivity index (χ2v) is 7.51. The van der Waals surface area contributed by atoms with Gasteiger partial charge in [0.15, 0.2) is 11.5 Å². The van der Waals surface area contributed by atoms with Crippen LogP contribution in [0.4, 0.5) is 0 Å². The van der Waals surface area contributed by atoms with E-state index in [0.717, 1.165) is 22.6 Å². The predicted molar refractivity (Wildman–Crippen MR) is 106 cm³/mol. The molecular weight excluding hydrogens is 354 g/mol. The Labute approximate surface area is 164 Å². The molecule has 5 heteroatoms. The van der Waals surface area contributed by atoms with Gasteiger partial charge in [0.2, 0.25) is 5.91 Å². The van der Waals surface area contributed by atoms with E-state index in [4.69, 9.17) is 9.47 Å². The monoisotopic (exact) mass is 377 g/mol. The number of benzene rings is 2. The van der Waals surface area contributed by atoms with Gasteiger partial charge in [-0.2, -0.15) is 0 Å². The number of hydrogen-bond donors (Lipinski definition) is 0. The number of ketones is 1. The number of carbonyl (C=O) groups is 2. The van der Waals surface area contributed by atoms with Gasteiger partial charge in [0.05, 0.1) is 7.11 Å². The predicted octanol–water partition coefficient (Wildman–Crippen LogP) is 3.65. The number of methoxy groups -OCH3 is 1. The molecule has 2 heterocycles. The van der Waals surface area contributed by atoms with Gasteiger partial charge in [-0.1, -0.05) is 36.4 Å². The lowest BCUT2D eigenvalue weighted by Gasteiger charge is -2.51. The van der Waals surface area contributed by atoms with Gasteiger partial charge in [-0.3, -0.25) is 9.59 Å². The summed E-state index contributed by atoms with van der Waals surface area (Å²) in [6, 6.07) is 15.1. The van der Waals surface area contributed by atoms with Gasteiger partial charge in [0, 0.05) is 19.4 Å². The fourth-order valence-corrected chi connectivity index (χ4v) is 4.11. The molecule has 0 saturated carbocycles. The molecule has 0 spiro atoms. The molecule has 3 unspecified atom stereocenters. The van der Waals surface area contributed by atoms with Gasteiger partial charge in [-0.05, 0) is 42.3 Å². The van der Waals surface area contributed by atoms with E-state index in [1.807, 2.05) is 55.5 Å². The first-order valence-electron chi connectivity index (χ1n) is 9.34. The number of carbonyl (C=O) groups excluding carboxylic acids is 2. The minimum atomic E-state index is -0.738. The van der Waals surface area contributed by atoms with Gasteiger partial charge in [-0.25, -0.2) is 0 Å². The van der Waals surface area contributed by atoms with Crippen LogP contribution < -0.4 is 9.47 Å². The van der Waals surface area contributed by atoms with Crippen LogP contribution in [0.1, 0.15) is 30.4 Å². The van der Waals surface area contributed by atoms with Crippen molar-refractivity contribution < 1.29 is 19.1 Å². The molecule has 4 rings (SSSR count). The normalized spacial score (nSPS) is 26.0. The molecule has 0 aliphatic carbocycles. The molecule has 2 aromatic carbocycles. The molecule has 2 aliphatic heterocycles. The molecule has 2 bridgehead atoms. The molecule has 1 fully saturated rings. The third kappa shape index (κ3) is 2.97. The van der Waals surface area contributed by atoms with E-state index >= 15 is 0 Å². The summed E-state index contributed by atoms with van der Waals surface area (Å²) in [7, 11) is 3.32. The van der Waals surface area contributed by atoms with Crippen LogP contribution in [0.2, 0.25) is 0 Å². The largest absolute Gasteiger partial charge is 0.497 e. The molecule has 0 aromatic heterocycles. The number of amides is 1. The van der Waals surface area contributed by atoms with Crippen LogP contribution in [0.5, 0.6) is 11.5 Å². The van der Waals surface area contributed by atoms with Crippen LogP contribution in [-0.4, -0.2) is 36.5 Å². The van der Waals surface area contributed by atoms with Crippen LogP contribution in [-0.2, 0) is 9.59 Å². The average molecular weight is 377 g/mol. The number of allylic oxidation sites excluding steroid dienone is 1. The Kier molecular flexibility index (Phi) is 4.46. The fraction of sp³-hybridized carbons (Fsp3) is 0.304. The Balaban J connectivity index is 1.65. The van der Waals surface area contributed by atoms with E-state index in [9.17, 15) is 9.59 Å². The number of fused-ring (bicyclic) bond motifs is 4. The number of rotatable bonds is 4. The number of piperidine rings is 1. The van der Waals surface area contributed by atoms with E-state index in [2.05, 4.69) is 0 Å². The van der Waals surface area contributed by atoms with Crippen LogP contribution in [0.25, 0.3) is 6.08 Å². The quantitative estimate of drug-likeness (QED) is 0.603. The lowest BCUT2D eigenvalue weighted by atomic mass is 9.72. The first-order valence-corrected chi connectivity index (χ1v) is 9.34. The minimum Gasteiger partial charge on any atom is -0.497 e. The van der Waals surface area contributed by atoms with Gasteiger partial charge in [-0.15, -0.1) is 0 Å². The SMILES string of the molecule is COc1ccc(C=CC(=O)C2C(=O)N(C)C3(C)CC2c2ccccc2O3)cc1. The number of likely N-dealkylation sites (tertiary alicyclic amines) is 1. The van der Waals surface area contributed by atoms with Crippen molar-refractivity contribution >= 4 is 17.8 Å². The van der Waals surface area contributed by atoms with Crippen LogP contribution in [0.3, 0.4) is 0 Å². The maximum Gasteiger partial charge on any atom is 0.236 e. The summed E-state index contributed by atoms with van der Waals surface area (Å²) in [6.07, 6.45) is 3.85. The van der Waals surface area contributed by atoms with E-state index in [-0.39, 0.29) is 17.6 Å². The standard InChI is InChI=1S/C23H23NO4/c1-23-14-18(17-6-4-5-7-20(17)28-23)21(22(26)24(23)2)19(25)13-10-15-8-11-16(27-3)12-9-15/h4-13,18,21H,14H2,1-3H3. The summed E-state index contributed by atoms with van der Waals surface area (Å²) in [6.45, 7) is 1.90. The smallest absolute Gasteiger partial charge is 0.236 e. The first-order chi connectivity index (χ1) is 13.4. The molecule has 144 valence electrons. The van der Waals surface area contributed by atoms with Crippen molar-refractivity contribution in [2.24, 2.45) is 5.92 Å². The highest BCUT2D eigenvalue weighted by atomic mass is 16.5. The third-order valence-electron chi connectivity index (χ3n) is 5.82. The summed E-state index contributed by atoms with van der Waals surface area (Å²) in [5, 5.41) is 0. The molecule has 2 aliphatic rings. The van der Waals surface area contributed by atoms with Crippen molar-refractivity contribution in [3.8, 4) is 11.5 Å². The van der Waals surface area contributed by atoms with Crippen LogP contribution in [0.15, 0.2) is 54.6 Å². The van der Waals surface area contributed by atoms with Crippen molar-refractivity contribution in [3.05, 3.63) is 65.7 Å². The van der Waals surface area contributed by atoms with E-state index in [1.165, 1.54) is 6.08 Å². The molecule has 0 N–H and O–H groups in total. The highest BCUT2D eigenvalue weighted by Crippen LogP contribution is 2.49. The second-order valence-electron chi connectivity index (χ2n) is 7.51. The van der Waals surface area contributed by atoms with E-state index < -0.39 is 11.6 Å². The van der Waals surface area contributed by atoms with Crippen molar-refractivity contribution in [2.75, 3.05) is 14.2 Å². The molecular formula is C23H23NO4. The Hall–Kier alpha value is -3.08. The molecule has 5 nitrogen and oxygen atoms in total. The Morgan fingerprint density at radius 2 is 1.93 bits per heavy atom. The topological polar surface area (TPSA) is 55.8 Å². The van der Waals surface area contributed by atoms with Crippen molar-refractivity contribution in [2.45, 2.75) is 25.0 Å².